The van der Waals surface area contributed by atoms with Crippen LogP contribution in [-0.2, 0) is 9.53 Å². The number of rotatable bonds is 7. The largest absolute Gasteiger partial charge is 0.452 e. The molecule has 0 unspecified atom stereocenters. The van der Waals surface area contributed by atoms with Crippen molar-refractivity contribution < 1.29 is 19.4 Å². The summed E-state index contributed by atoms with van der Waals surface area (Å²) in [5.74, 6) is -1.00. The van der Waals surface area contributed by atoms with Crippen molar-refractivity contribution in [3.05, 3.63) is 59.2 Å². The molecular formula is C19H22N2O4. The molecule has 0 radical (unpaired) electrons. The standard InChI is InChI=1S/C19H22N2O4/c1-13-7-8-16(14(2)11-13)21-18(23)12-25-19(24)15-5-3-4-6-17(15)20-9-10-22/h3-8,11,20,22H,9-10,12H2,1-2H3,(H,21,23). The van der Waals surface area contributed by atoms with Gasteiger partial charge in [0.25, 0.3) is 5.91 Å². The molecule has 0 atom stereocenters. The van der Waals surface area contributed by atoms with Crippen molar-refractivity contribution in [2.24, 2.45) is 0 Å². The van der Waals surface area contributed by atoms with E-state index in [1.807, 2.05) is 32.0 Å². The van der Waals surface area contributed by atoms with E-state index in [-0.39, 0.29) is 13.2 Å². The number of esters is 1. The van der Waals surface area contributed by atoms with Crippen molar-refractivity contribution in [2.45, 2.75) is 13.8 Å². The molecule has 0 aromatic heterocycles. The summed E-state index contributed by atoms with van der Waals surface area (Å²) < 4.78 is 5.09. The van der Waals surface area contributed by atoms with Gasteiger partial charge in [-0.2, -0.15) is 0 Å². The van der Waals surface area contributed by atoms with Gasteiger partial charge in [0.05, 0.1) is 12.2 Å². The highest BCUT2D eigenvalue weighted by molar-refractivity contribution is 5.98. The quantitative estimate of drug-likeness (QED) is 0.673. The predicted molar refractivity (Wildman–Crippen MR) is 96.8 cm³/mol. The van der Waals surface area contributed by atoms with E-state index < -0.39 is 11.9 Å². The monoisotopic (exact) mass is 342 g/mol. The first-order chi connectivity index (χ1) is 12.0. The Kier molecular flexibility index (Phi) is 6.54. The summed E-state index contributed by atoms with van der Waals surface area (Å²) in [4.78, 5) is 24.2. The maximum atomic E-state index is 12.2. The number of carbonyl (C=O) groups is 2. The summed E-state index contributed by atoms with van der Waals surface area (Å²) in [5, 5.41) is 14.5. The molecule has 6 nitrogen and oxygen atoms in total. The van der Waals surface area contributed by atoms with Crippen molar-refractivity contribution in [3.8, 4) is 0 Å². The average Bonchev–Trinajstić information content (AvgIpc) is 2.60. The molecule has 0 heterocycles. The van der Waals surface area contributed by atoms with Gasteiger partial charge in [0, 0.05) is 17.9 Å². The van der Waals surface area contributed by atoms with Crippen LogP contribution >= 0.6 is 0 Å². The van der Waals surface area contributed by atoms with Gasteiger partial charge < -0.3 is 20.5 Å². The molecule has 0 fully saturated rings. The molecule has 0 saturated carbocycles. The Hall–Kier alpha value is -2.86. The Balaban J connectivity index is 1.94. The van der Waals surface area contributed by atoms with E-state index in [2.05, 4.69) is 10.6 Å². The summed E-state index contributed by atoms with van der Waals surface area (Å²) >= 11 is 0. The molecule has 2 aromatic carbocycles. The second-order valence-electron chi connectivity index (χ2n) is 5.64. The van der Waals surface area contributed by atoms with Gasteiger partial charge in [0.15, 0.2) is 6.61 Å². The smallest absolute Gasteiger partial charge is 0.340 e. The number of hydrogen-bond acceptors (Lipinski definition) is 5. The van der Waals surface area contributed by atoms with E-state index in [1.165, 1.54) is 0 Å². The zero-order valence-corrected chi connectivity index (χ0v) is 14.3. The predicted octanol–water partition coefficient (Wildman–Crippen LogP) is 2.50. The molecule has 3 N–H and O–H groups in total. The van der Waals surface area contributed by atoms with E-state index in [0.717, 1.165) is 11.1 Å². The molecule has 2 aromatic rings. The first kappa shape index (κ1) is 18.5. The number of nitrogens with one attached hydrogen (secondary N) is 2. The highest BCUT2D eigenvalue weighted by atomic mass is 16.5. The molecule has 0 bridgehead atoms. The third-order valence-corrected chi connectivity index (χ3v) is 3.56. The van der Waals surface area contributed by atoms with Gasteiger partial charge in [-0.15, -0.1) is 0 Å². The van der Waals surface area contributed by atoms with Crippen LogP contribution in [0.25, 0.3) is 0 Å². The van der Waals surface area contributed by atoms with Crippen LogP contribution in [0, 0.1) is 13.8 Å². The molecule has 1 amide bonds. The summed E-state index contributed by atoms with van der Waals surface area (Å²) in [5.41, 5.74) is 3.61. The number of aryl methyl sites for hydroxylation is 2. The minimum Gasteiger partial charge on any atom is -0.452 e. The van der Waals surface area contributed by atoms with Crippen molar-refractivity contribution >= 4 is 23.3 Å². The van der Waals surface area contributed by atoms with Crippen LogP contribution in [0.5, 0.6) is 0 Å². The zero-order valence-electron chi connectivity index (χ0n) is 14.3. The Labute approximate surface area is 146 Å². The summed E-state index contributed by atoms with van der Waals surface area (Å²) in [6.07, 6.45) is 0. The molecule has 0 aliphatic rings. The van der Waals surface area contributed by atoms with Gasteiger partial charge in [0.1, 0.15) is 0 Å². The lowest BCUT2D eigenvalue weighted by Gasteiger charge is -2.12. The van der Waals surface area contributed by atoms with E-state index in [4.69, 9.17) is 9.84 Å². The van der Waals surface area contributed by atoms with Gasteiger partial charge in [-0.3, -0.25) is 4.79 Å². The van der Waals surface area contributed by atoms with Crippen LogP contribution in [0.4, 0.5) is 11.4 Å². The van der Waals surface area contributed by atoms with Crippen LogP contribution < -0.4 is 10.6 Å². The molecular weight excluding hydrogens is 320 g/mol. The zero-order chi connectivity index (χ0) is 18.2. The summed E-state index contributed by atoms with van der Waals surface area (Å²) in [6.45, 7) is 3.76. The molecule has 0 spiro atoms. The van der Waals surface area contributed by atoms with E-state index >= 15 is 0 Å². The topological polar surface area (TPSA) is 87.7 Å². The molecule has 132 valence electrons. The maximum Gasteiger partial charge on any atom is 0.340 e. The second kappa shape index (κ2) is 8.84. The number of benzene rings is 2. The first-order valence-electron chi connectivity index (χ1n) is 7.99. The van der Waals surface area contributed by atoms with E-state index in [0.29, 0.717) is 23.5 Å². The average molecular weight is 342 g/mol. The van der Waals surface area contributed by atoms with Crippen molar-refractivity contribution in [1.82, 2.24) is 0 Å². The molecule has 25 heavy (non-hydrogen) atoms. The fourth-order valence-electron chi connectivity index (χ4n) is 2.35. The second-order valence-corrected chi connectivity index (χ2v) is 5.64. The van der Waals surface area contributed by atoms with Gasteiger partial charge in [0.2, 0.25) is 0 Å². The van der Waals surface area contributed by atoms with Gasteiger partial charge in [-0.25, -0.2) is 4.79 Å². The molecule has 0 aliphatic heterocycles. The Morgan fingerprint density at radius 1 is 1.08 bits per heavy atom. The molecule has 6 heteroatoms. The summed E-state index contributed by atoms with van der Waals surface area (Å²) in [6, 6.07) is 12.5. The van der Waals surface area contributed by atoms with Crippen LogP contribution in [0.2, 0.25) is 0 Å². The lowest BCUT2D eigenvalue weighted by molar-refractivity contribution is -0.119. The van der Waals surface area contributed by atoms with Crippen LogP contribution in [-0.4, -0.2) is 36.7 Å². The number of amides is 1. The molecule has 0 aliphatic carbocycles. The number of carbonyl (C=O) groups excluding carboxylic acids is 2. The third kappa shape index (κ3) is 5.32. The van der Waals surface area contributed by atoms with E-state index in [9.17, 15) is 9.59 Å². The fourth-order valence-corrected chi connectivity index (χ4v) is 2.35. The van der Waals surface area contributed by atoms with Crippen molar-refractivity contribution in [1.29, 1.82) is 0 Å². The Bertz CT molecular complexity index is 759. The van der Waals surface area contributed by atoms with E-state index in [1.54, 1.807) is 24.3 Å². The van der Waals surface area contributed by atoms with Crippen molar-refractivity contribution in [3.63, 3.8) is 0 Å². The number of aliphatic hydroxyl groups is 1. The maximum absolute atomic E-state index is 12.2. The highest BCUT2D eigenvalue weighted by Gasteiger charge is 2.14. The number of anilines is 2. The number of hydrogen-bond donors (Lipinski definition) is 3. The van der Waals surface area contributed by atoms with Crippen LogP contribution in [0.3, 0.4) is 0 Å². The van der Waals surface area contributed by atoms with Gasteiger partial charge in [-0.1, -0.05) is 29.8 Å². The number of para-hydroxylation sites is 1. The highest BCUT2D eigenvalue weighted by Crippen LogP contribution is 2.17. The minimum atomic E-state index is -0.600. The molecule has 2 rings (SSSR count). The SMILES string of the molecule is Cc1ccc(NC(=O)COC(=O)c2ccccc2NCCO)c(C)c1. The first-order valence-corrected chi connectivity index (χ1v) is 7.99. The minimum absolute atomic E-state index is 0.0539. The lowest BCUT2D eigenvalue weighted by Crippen LogP contribution is -2.22. The van der Waals surface area contributed by atoms with Crippen molar-refractivity contribution in [2.75, 3.05) is 30.4 Å². The fraction of sp³-hybridized carbons (Fsp3) is 0.263. The van der Waals surface area contributed by atoms with Crippen LogP contribution in [0.1, 0.15) is 21.5 Å². The normalized spacial score (nSPS) is 10.2. The van der Waals surface area contributed by atoms with Crippen LogP contribution in [0.15, 0.2) is 42.5 Å². The Morgan fingerprint density at radius 2 is 1.84 bits per heavy atom. The summed E-state index contributed by atoms with van der Waals surface area (Å²) in [7, 11) is 0. The lowest BCUT2D eigenvalue weighted by atomic mass is 10.1. The molecule has 0 saturated heterocycles. The number of aliphatic hydroxyl groups excluding tert-OH is 1. The number of ether oxygens (including phenoxy) is 1. The third-order valence-electron chi connectivity index (χ3n) is 3.56. The van der Waals surface area contributed by atoms with Gasteiger partial charge >= 0.3 is 5.97 Å². The Morgan fingerprint density at radius 3 is 2.56 bits per heavy atom. The van der Waals surface area contributed by atoms with Gasteiger partial charge in [-0.05, 0) is 37.6 Å².